The number of hydrogen-bond acceptors (Lipinski definition) is 10. The molecule has 1 fully saturated rings. The second-order valence-corrected chi connectivity index (χ2v) is 10.6. The Hall–Kier alpha value is -3.05. The first-order valence-electron chi connectivity index (χ1n) is 12.6. The van der Waals surface area contributed by atoms with Crippen LogP contribution >= 0.6 is 0 Å². The van der Waals surface area contributed by atoms with Crippen molar-refractivity contribution in [2.24, 2.45) is 10.4 Å². The summed E-state index contributed by atoms with van der Waals surface area (Å²) in [7, 11) is 2.15. The molecule has 2 aliphatic rings. The third kappa shape index (κ3) is 5.36. The van der Waals surface area contributed by atoms with Gasteiger partial charge in [-0.25, -0.2) is 14.4 Å². The van der Waals surface area contributed by atoms with Gasteiger partial charge in [0.2, 0.25) is 5.95 Å². The van der Waals surface area contributed by atoms with E-state index in [2.05, 4.69) is 77.6 Å². The molecule has 4 rings (SSSR count). The number of piperidine rings is 1. The number of hydrogen-bond donors (Lipinski definition) is 2. The minimum atomic E-state index is -0.469. The maximum atomic E-state index is 14.7. The maximum Gasteiger partial charge on any atom is 0.229 e. The van der Waals surface area contributed by atoms with Crippen LogP contribution in [0.4, 0.5) is 27.5 Å². The average Bonchev–Trinajstić information content (AvgIpc) is 3.22. The van der Waals surface area contributed by atoms with Crippen molar-refractivity contribution in [3.8, 4) is 0 Å². The summed E-state index contributed by atoms with van der Waals surface area (Å²) < 4.78 is 14.7. The largest absolute Gasteiger partial charge is 0.365 e. The highest BCUT2D eigenvalue weighted by Crippen LogP contribution is 2.38. The summed E-state index contributed by atoms with van der Waals surface area (Å²) in [6, 6.07) is 7.78. The second-order valence-electron chi connectivity index (χ2n) is 10.6. The fourth-order valence-corrected chi connectivity index (χ4v) is 5.14. The molecule has 36 heavy (non-hydrogen) atoms. The molecule has 1 unspecified atom stereocenters. The van der Waals surface area contributed by atoms with E-state index in [1.165, 1.54) is 11.4 Å². The Morgan fingerprint density at radius 2 is 1.83 bits per heavy atom. The van der Waals surface area contributed by atoms with Gasteiger partial charge in [0.15, 0.2) is 17.8 Å². The minimum Gasteiger partial charge on any atom is -0.365 e. The van der Waals surface area contributed by atoms with Gasteiger partial charge in [0.25, 0.3) is 0 Å². The maximum absolute atomic E-state index is 14.7. The Balaban J connectivity index is 1.49. The van der Waals surface area contributed by atoms with E-state index < -0.39 is 5.82 Å². The summed E-state index contributed by atoms with van der Waals surface area (Å²) in [6.45, 7) is 13.3. The zero-order chi connectivity index (χ0) is 26.1. The van der Waals surface area contributed by atoms with Gasteiger partial charge in [-0.2, -0.15) is 4.98 Å². The number of aromatic nitrogens is 2. The summed E-state index contributed by atoms with van der Waals surface area (Å²) in [5.41, 5.74) is 1.55. The van der Waals surface area contributed by atoms with Gasteiger partial charge in [0, 0.05) is 22.8 Å². The molecule has 0 bridgehead atoms. The SMILES string of the molecule is CCON1N=NN(c2cccc(Nc3ncc(F)c(NC4CC(C)(C)N(C)C(C)(C)C4)n3)c2)C1CC. The van der Waals surface area contributed by atoms with E-state index >= 15 is 0 Å². The number of anilines is 4. The highest BCUT2D eigenvalue weighted by Gasteiger charge is 2.43. The van der Waals surface area contributed by atoms with Gasteiger partial charge in [0.1, 0.15) is 0 Å². The Morgan fingerprint density at radius 1 is 1.11 bits per heavy atom. The van der Waals surface area contributed by atoms with Crippen molar-refractivity contribution in [1.29, 1.82) is 0 Å². The number of halogens is 1. The molecule has 3 heterocycles. The standard InChI is InChI=1S/C25H38FN9O/c1-8-21-34(31-32-35(21)36-9-2)19-12-10-11-17(13-19)29-23-27-16-20(26)22(30-23)28-18-14-24(3,4)33(7)25(5,6)15-18/h10-13,16,18,21H,8-9,14-15H2,1-7H3,(H2,27,28,29,30). The highest BCUT2D eigenvalue weighted by molar-refractivity contribution is 5.62. The van der Waals surface area contributed by atoms with Crippen LogP contribution in [0.25, 0.3) is 0 Å². The number of benzene rings is 1. The van der Waals surface area contributed by atoms with Gasteiger partial charge in [0.05, 0.1) is 18.5 Å². The van der Waals surface area contributed by atoms with E-state index in [1.54, 1.807) is 0 Å². The molecule has 2 aliphatic heterocycles. The van der Waals surface area contributed by atoms with E-state index in [-0.39, 0.29) is 29.1 Å². The van der Waals surface area contributed by atoms with Crippen molar-refractivity contribution >= 4 is 23.1 Å². The molecule has 1 saturated heterocycles. The normalized spacial score (nSPS) is 21.7. The molecule has 196 valence electrons. The smallest absolute Gasteiger partial charge is 0.229 e. The van der Waals surface area contributed by atoms with Gasteiger partial charge in [-0.15, -0.1) is 5.17 Å². The molecule has 2 N–H and O–H groups in total. The van der Waals surface area contributed by atoms with Crippen molar-refractivity contribution in [3.63, 3.8) is 0 Å². The van der Waals surface area contributed by atoms with Crippen molar-refractivity contribution in [2.75, 3.05) is 29.3 Å². The van der Waals surface area contributed by atoms with Crippen LogP contribution in [0, 0.1) is 5.82 Å². The fourth-order valence-electron chi connectivity index (χ4n) is 5.14. The zero-order valence-electron chi connectivity index (χ0n) is 22.3. The highest BCUT2D eigenvalue weighted by atomic mass is 19.1. The number of nitrogens with zero attached hydrogens (tertiary/aromatic N) is 7. The molecule has 11 heteroatoms. The van der Waals surface area contributed by atoms with E-state index in [0.717, 1.165) is 30.6 Å². The Labute approximate surface area is 212 Å². The van der Waals surface area contributed by atoms with Crippen LogP contribution < -0.4 is 15.6 Å². The Bertz CT molecular complexity index is 1070. The number of hydroxylamine groups is 1. The van der Waals surface area contributed by atoms with Crippen LogP contribution in [0.15, 0.2) is 40.9 Å². The van der Waals surface area contributed by atoms with E-state index in [9.17, 15) is 4.39 Å². The number of nitrogens with one attached hydrogen (secondary N) is 2. The summed E-state index contributed by atoms with van der Waals surface area (Å²) in [5.74, 6) is 0.0493. The molecule has 0 radical (unpaired) electrons. The topological polar surface area (TPSA) is 93.5 Å². The van der Waals surface area contributed by atoms with Crippen molar-refractivity contribution in [3.05, 3.63) is 36.3 Å². The molecule has 0 spiro atoms. The molecule has 1 aromatic heterocycles. The van der Waals surface area contributed by atoms with Crippen molar-refractivity contribution in [2.45, 2.75) is 84.1 Å². The molecule has 0 aliphatic carbocycles. The predicted molar refractivity (Wildman–Crippen MR) is 139 cm³/mol. The van der Waals surface area contributed by atoms with Crippen LogP contribution in [-0.4, -0.2) is 57.0 Å². The van der Waals surface area contributed by atoms with Gasteiger partial charge in [-0.1, -0.05) is 13.0 Å². The van der Waals surface area contributed by atoms with Crippen LogP contribution in [0.2, 0.25) is 0 Å². The van der Waals surface area contributed by atoms with E-state index in [4.69, 9.17) is 4.84 Å². The van der Waals surface area contributed by atoms with Gasteiger partial charge >= 0.3 is 0 Å². The summed E-state index contributed by atoms with van der Waals surface area (Å²) in [5, 5.41) is 18.3. The molecule has 0 saturated carbocycles. The lowest BCUT2D eigenvalue weighted by Gasteiger charge is -2.53. The first kappa shape index (κ1) is 26.0. The first-order chi connectivity index (χ1) is 17.0. The number of likely N-dealkylation sites (tertiary alicyclic amines) is 1. The molecular weight excluding hydrogens is 461 g/mol. The lowest BCUT2D eigenvalue weighted by Crippen LogP contribution is -2.61. The summed E-state index contributed by atoms with van der Waals surface area (Å²) >= 11 is 0. The lowest BCUT2D eigenvalue weighted by atomic mass is 9.77. The predicted octanol–water partition coefficient (Wildman–Crippen LogP) is 5.51. The molecular formula is C25H38FN9O. The Morgan fingerprint density at radius 3 is 2.50 bits per heavy atom. The van der Waals surface area contributed by atoms with Gasteiger partial charge in [-0.05, 0) is 89.6 Å². The minimum absolute atomic E-state index is 0.0224. The van der Waals surface area contributed by atoms with Crippen molar-refractivity contribution in [1.82, 2.24) is 20.0 Å². The second kappa shape index (κ2) is 10.1. The van der Waals surface area contributed by atoms with E-state index in [1.807, 2.05) is 36.2 Å². The third-order valence-electron chi connectivity index (χ3n) is 7.15. The molecule has 2 aromatic rings. The molecule has 1 aromatic carbocycles. The van der Waals surface area contributed by atoms with Crippen LogP contribution in [0.1, 0.15) is 60.8 Å². The number of rotatable bonds is 8. The van der Waals surface area contributed by atoms with Crippen LogP contribution in [-0.2, 0) is 4.84 Å². The summed E-state index contributed by atoms with van der Waals surface area (Å²) in [6.07, 6.45) is 3.59. The van der Waals surface area contributed by atoms with E-state index in [0.29, 0.717) is 12.6 Å². The van der Waals surface area contributed by atoms with Crippen LogP contribution in [0.3, 0.4) is 0 Å². The monoisotopic (exact) mass is 499 g/mol. The molecule has 1 atom stereocenters. The fraction of sp³-hybridized carbons (Fsp3) is 0.600. The van der Waals surface area contributed by atoms with Gasteiger partial charge < -0.3 is 10.6 Å². The third-order valence-corrected chi connectivity index (χ3v) is 7.15. The Kier molecular flexibility index (Phi) is 7.33. The quantitative estimate of drug-likeness (QED) is 0.491. The average molecular weight is 500 g/mol. The van der Waals surface area contributed by atoms with Crippen molar-refractivity contribution < 1.29 is 9.23 Å². The van der Waals surface area contributed by atoms with Crippen LogP contribution in [0.5, 0.6) is 0 Å². The zero-order valence-corrected chi connectivity index (χ0v) is 22.3. The molecule has 10 nitrogen and oxygen atoms in total. The lowest BCUT2D eigenvalue weighted by molar-refractivity contribution is -0.174. The molecule has 0 amide bonds. The first-order valence-corrected chi connectivity index (χ1v) is 12.6. The van der Waals surface area contributed by atoms with Gasteiger partial charge in [-0.3, -0.25) is 9.74 Å². The summed E-state index contributed by atoms with van der Waals surface area (Å²) in [4.78, 5) is 16.6.